The summed E-state index contributed by atoms with van der Waals surface area (Å²) in [7, 11) is 1.55. The zero-order valence-electron chi connectivity index (χ0n) is 19.7. The molecule has 9 nitrogen and oxygen atoms in total. The van der Waals surface area contributed by atoms with Gasteiger partial charge in [0.25, 0.3) is 17.4 Å². The standard InChI is InChI=1S/C27H24N2O7/c1-3-36-22-13-9-18(10-14-22)24-23(25(30)19-5-4-6-20(15-19)29(33)34)26(31)27(32)28(24)16-17-7-11-21(35-2)12-8-17/h4-15,24,30H,3,16H2,1-2H3/b25-23-. The van der Waals surface area contributed by atoms with Crippen molar-refractivity contribution in [2.24, 2.45) is 0 Å². The SMILES string of the molecule is CCOc1ccc(C2/C(=C(/O)c3cccc([N+](=O)[O-])c3)C(=O)C(=O)N2Cc2ccc(OC)cc2)cc1. The first-order valence-corrected chi connectivity index (χ1v) is 11.2. The molecule has 0 radical (unpaired) electrons. The van der Waals surface area contributed by atoms with Gasteiger partial charge < -0.3 is 19.5 Å². The van der Waals surface area contributed by atoms with Gasteiger partial charge >= 0.3 is 0 Å². The van der Waals surface area contributed by atoms with Crippen molar-refractivity contribution in [2.45, 2.75) is 19.5 Å². The largest absolute Gasteiger partial charge is 0.507 e. The number of rotatable bonds is 8. The maximum Gasteiger partial charge on any atom is 0.295 e. The molecule has 1 N–H and O–H groups in total. The highest BCUT2D eigenvalue weighted by Gasteiger charge is 2.46. The third kappa shape index (κ3) is 4.76. The highest BCUT2D eigenvalue weighted by atomic mass is 16.6. The minimum Gasteiger partial charge on any atom is -0.507 e. The number of carbonyl (C=O) groups excluding carboxylic acids is 2. The van der Waals surface area contributed by atoms with Gasteiger partial charge in [-0.15, -0.1) is 0 Å². The van der Waals surface area contributed by atoms with Crippen LogP contribution < -0.4 is 9.47 Å². The van der Waals surface area contributed by atoms with Crippen LogP contribution in [0.25, 0.3) is 5.76 Å². The van der Waals surface area contributed by atoms with Gasteiger partial charge in [0.2, 0.25) is 0 Å². The number of ketones is 1. The van der Waals surface area contributed by atoms with E-state index in [4.69, 9.17) is 9.47 Å². The molecule has 0 bridgehead atoms. The van der Waals surface area contributed by atoms with Gasteiger partial charge in [-0.3, -0.25) is 19.7 Å². The predicted octanol–water partition coefficient (Wildman–Crippen LogP) is 4.62. The Morgan fingerprint density at radius 2 is 1.69 bits per heavy atom. The van der Waals surface area contributed by atoms with Crippen LogP contribution >= 0.6 is 0 Å². The number of hydrogen-bond acceptors (Lipinski definition) is 7. The Balaban J connectivity index is 1.83. The molecule has 1 atom stereocenters. The lowest BCUT2D eigenvalue weighted by Crippen LogP contribution is -2.29. The van der Waals surface area contributed by atoms with Gasteiger partial charge in [-0.2, -0.15) is 0 Å². The smallest absolute Gasteiger partial charge is 0.295 e. The molecule has 1 amide bonds. The molecule has 3 aromatic carbocycles. The third-order valence-electron chi connectivity index (χ3n) is 5.89. The molecule has 0 spiro atoms. The van der Waals surface area contributed by atoms with E-state index in [1.165, 1.54) is 29.2 Å². The van der Waals surface area contributed by atoms with Gasteiger partial charge in [-0.25, -0.2) is 0 Å². The third-order valence-corrected chi connectivity index (χ3v) is 5.89. The zero-order chi connectivity index (χ0) is 25.8. The van der Waals surface area contributed by atoms with Crippen molar-refractivity contribution < 1.29 is 29.1 Å². The average Bonchev–Trinajstić information content (AvgIpc) is 3.14. The van der Waals surface area contributed by atoms with Gasteiger partial charge in [0, 0.05) is 24.2 Å². The molecular formula is C27H24N2O7. The van der Waals surface area contributed by atoms with Gasteiger partial charge in [0.1, 0.15) is 17.3 Å². The van der Waals surface area contributed by atoms with E-state index in [0.29, 0.717) is 23.7 Å². The number of nitrogens with zero attached hydrogens (tertiary/aromatic N) is 2. The van der Waals surface area contributed by atoms with E-state index in [1.54, 1.807) is 55.6 Å². The molecule has 0 saturated carbocycles. The first kappa shape index (κ1) is 24.5. The quantitative estimate of drug-likeness (QED) is 0.161. The summed E-state index contributed by atoms with van der Waals surface area (Å²) in [5.41, 5.74) is 1.02. The van der Waals surface area contributed by atoms with Crippen LogP contribution in [-0.4, -0.2) is 40.3 Å². The molecule has 1 aliphatic rings. The van der Waals surface area contributed by atoms with Gasteiger partial charge in [0.15, 0.2) is 0 Å². The Hall–Kier alpha value is -4.66. The molecule has 1 aliphatic heterocycles. The second-order valence-corrected chi connectivity index (χ2v) is 8.08. The molecule has 184 valence electrons. The summed E-state index contributed by atoms with van der Waals surface area (Å²) >= 11 is 0. The summed E-state index contributed by atoms with van der Waals surface area (Å²) in [6.07, 6.45) is 0. The highest BCUT2D eigenvalue weighted by molar-refractivity contribution is 6.46. The summed E-state index contributed by atoms with van der Waals surface area (Å²) in [6, 6.07) is 18.4. The fraction of sp³-hybridized carbons (Fsp3) is 0.185. The van der Waals surface area contributed by atoms with E-state index in [0.717, 1.165) is 5.56 Å². The fourth-order valence-electron chi connectivity index (χ4n) is 4.15. The maximum atomic E-state index is 13.2. The van der Waals surface area contributed by atoms with Crippen LogP contribution in [-0.2, 0) is 16.1 Å². The highest BCUT2D eigenvalue weighted by Crippen LogP contribution is 2.41. The van der Waals surface area contributed by atoms with Crippen molar-refractivity contribution in [2.75, 3.05) is 13.7 Å². The van der Waals surface area contributed by atoms with Crippen LogP contribution in [0.3, 0.4) is 0 Å². The number of nitro groups is 1. The van der Waals surface area contributed by atoms with E-state index in [-0.39, 0.29) is 23.4 Å². The monoisotopic (exact) mass is 488 g/mol. The topological polar surface area (TPSA) is 119 Å². The van der Waals surface area contributed by atoms with Crippen LogP contribution in [0.4, 0.5) is 5.69 Å². The molecule has 1 unspecified atom stereocenters. The van der Waals surface area contributed by atoms with Crippen LogP contribution in [0.2, 0.25) is 0 Å². The summed E-state index contributed by atoms with van der Waals surface area (Å²) in [5, 5.41) is 22.4. The first-order chi connectivity index (χ1) is 17.3. The number of Topliss-reactive ketones (excluding diaryl/α,β-unsaturated/α-hetero) is 1. The number of hydrogen-bond donors (Lipinski definition) is 1. The molecule has 9 heteroatoms. The molecule has 1 saturated heterocycles. The summed E-state index contributed by atoms with van der Waals surface area (Å²) < 4.78 is 10.7. The number of aliphatic hydroxyl groups is 1. The van der Waals surface area contributed by atoms with Crippen molar-refractivity contribution in [3.05, 3.63) is 105 Å². The number of likely N-dealkylation sites (tertiary alicyclic amines) is 1. The number of methoxy groups -OCH3 is 1. The van der Waals surface area contributed by atoms with Gasteiger partial charge in [-0.1, -0.05) is 36.4 Å². The summed E-state index contributed by atoms with van der Waals surface area (Å²) in [5.74, 6) is -0.863. The van der Waals surface area contributed by atoms with E-state index >= 15 is 0 Å². The molecule has 1 heterocycles. The lowest BCUT2D eigenvalue weighted by Gasteiger charge is -2.25. The zero-order valence-corrected chi connectivity index (χ0v) is 19.7. The Morgan fingerprint density at radius 1 is 1.03 bits per heavy atom. The second kappa shape index (κ2) is 10.3. The van der Waals surface area contributed by atoms with Crippen molar-refractivity contribution in [3.63, 3.8) is 0 Å². The molecule has 3 aromatic rings. The number of ether oxygens (including phenoxy) is 2. The number of benzene rings is 3. The van der Waals surface area contributed by atoms with Crippen molar-refractivity contribution in [1.29, 1.82) is 0 Å². The summed E-state index contributed by atoms with van der Waals surface area (Å²) in [6.45, 7) is 2.43. The lowest BCUT2D eigenvalue weighted by molar-refractivity contribution is -0.384. The fourth-order valence-corrected chi connectivity index (χ4v) is 4.15. The van der Waals surface area contributed by atoms with Crippen LogP contribution in [0.5, 0.6) is 11.5 Å². The molecule has 4 rings (SSSR count). The van der Waals surface area contributed by atoms with Gasteiger partial charge in [0.05, 0.1) is 30.3 Å². The van der Waals surface area contributed by atoms with Crippen LogP contribution in [0.1, 0.15) is 29.7 Å². The number of carbonyl (C=O) groups is 2. The normalized spacial score (nSPS) is 16.7. The van der Waals surface area contributed by atoms with Crippen molar-refractivity contribution >= 4 is 23.1 Å². The summed E-state index contributed by atoms with van der Waals surface area (Å²) in [4.78, 5) is 38.4. The average molecular weight is 488 g/mol. The lowest BCUT2D eigenvalue weighted by atomic mass is 9.95. The molecular weight excluding hydrogens is 464 g/mol. The van der Waals surface area contributed by atoms with E-state index in [9.17, 15) is 24.8 Å². The second-order valence-electron chi connectivity index (χ2n) is 8.08. The number of non-ortho nitro benzene ring substituents is 1. The van der Waals surface area contributed by atoms with E-state index in [1.807, 2.05) is 6.92 Å². The van der Waals surface area contributed by atoms with Gasteiger partial charge in [-0.05, 0) is 42.3 Å². The Kier molecular flexibility index (Phi) is 7.00. The molecule has 0 aromatic heterocycles. The maximum absolute atomic E-state index is 13.2. The Labute approximate surface area is 207 Å². The number of aliphatic hydroxyl groups excluding tert-OH is 1. The first-order valence-electron chi connectivity index (χ1n) is 11.2. The predicted molar refractivity (Wildman–Crippen MR) is 132 cm³/mol. The van der Waals surface area contributed by atoms with E-state index < -0.39 is 28.4 Å². The van der Waals surface area contributed by atoms with E-state index in [2.05, 4.69) is 0 Å². The molecule has 36 heavy (non-hydrogen) atoms. The number of nitro benzene ring substituents is 1. The molecule has 1 fully saturated rings. The number of amides is 1. The molecule has 0 aliphatic carbocycles. The minimum atomic E-state index is -0.915. The Bertz CT molecular complexity index is 1330. The van der Waals surface area contributed by atoms with Crippen molar-refractivity contribution in [3.8, 4) is 11.5 Å². The van der Waals surface area contributed by atoms with Crippen LogP contribution in [0.15, 0.2) is 78.4 Å². The van der Waals surface area contributed by atoms with Crippen molar-refractivity contribution in [1.82, 2.24) is 4.90 Å². The van der Waals surface area contributed by atoms with Crippen LogP contribution in [0, 0.1) is 10.1 Å². The minimum absolute atomic E-state index is 0.0718. The Morgan fingerprint density at radius 3 is 2.31 bits per heavy atom.